The van der Waals surface area contributed by atoms with Crippen LogP contribution < -0.4 is 19.5 Å². The number of rotatable bonds is 10. The zero-order chi connectivity index (χ0) is 23.0. The highest BCUT2D eigenvalue weighted by Crippen LogP contribution is 2.21. The first-order chi connectivity index (χ1) is 16.2. The van der Waals surface area contributed by atoms with Crippen molar-refractivity contribution in [3.05, 3.63) is 66.2 Å². The number of aryl methyl sites for hydroxylation is 1. The number of benzene rings is 2. The Labute approximate surface area is 191 Å². The molecule has 170 valence electrons. The van der Waals surface area contributed by atoms with Gasteiger partial charge in [0.15, 0.2) is 18.1 Å². The van der Waals surface area contributed by atoms with Crippen LogP contribution in [0.5, 0.6) is 17.4 Å². The van der Waals surface area contributed by atoms with Crippen LogP contribution in [-0.2, 0) is 11.2 Å². The van der Waals surface area contributed by atoms with E-state index < -0.39 is 0 Å². The van der Waals surface area contributed by atoms with Gasteiger partial charge in [-0.1, -0.05) is 19.1 Å². The summed E-state index contributed by atoms with van der Waals surface area (Å²) >= 11 is 0. The molecule has 0 bridgehead atoms. The van der Waals surface area contributed by atoms with E-state index in [2.05, 4.69) is 27.5 Å². The van der Waals surface area contributed by atoms with Crippen molar-refractivity contribution in [3.63, 3.8) is 0 Å². The van der Waals surface area contributed by atoms with E-state index >= 15 is 0 Å². The van der Waals surface area contributed by atoms with E-state index in [0.29, 0.717) is 29.6 Å². The third-order valence-corrected chi connectivity index (χ3v) is 4.96. The Bertz CT molecular complexity index is 1210. The molecule has 4 aromatic rings. The fourth-order valence-corrected chi connectivity index (χ4v) is 3.14. The van der Waals surface area contributed by atoms with Crippen LogP contribution in [-0.4, -0.2) is 52.6 Å². The Morgan fingerprint density at radius 3 is 2.42 bits per heavy atom. The van der Waals surface area contributed by atoms with Gasteiger partial charge >= 0.3 is 0 Å². The lowest BCUT2D eigenvalue weighted by molar-refractivity contribution is -0.123. The van der Waals surface area contributed by atoms with E-state index in [1.54, 1.807) is 23.8 Å². The van der Waals surface area contributed by atoms with E-state index in [0.717, 1.165) is 17.7 Å². The molecule has 1 amide bonds. The third kappa shape index (κ3) is 5.57. The van der Waals surface area contributed by atoms with Gasteiger partial charge in [-0.3, -0.25) is 4.79 Å². The predicted molar refractivity (Wildman–Crippen MR) is 123 cm³/mol. The summed E-state index contributed by atoms with van der Waals surface area (Å²) in [5.41, 5.74) is 2.67. The van der Waals surface area contributed by atoms with E-state index in [1.807, 2.05) is 48.5 Å². The number of nitrogens with one attached hydrogen (secondary N) is 1. The van der Waals surface area contributed by atoms with Crippen LogP contribution in [0.25, 0.3) is 17.0 Å². The number of carbonyl (C=O) groups is 1. The summed E-state index contributed by atoms with van der Waals surface area (Å²) in [6, 6.07) is 18.7. The molecule has 4 rings (SSSR count). The fraction of sp³-hybridized carbons (Fsp3) is 0.250. The number of hydrogen-bond acceptors (Lipinski definition) is 7. The van der Waals surface area contributed by atoms with Crippen LogP contribution in [0.4, 0.5) is 0 Å². The first-order valence-electron chi connectivity index (χ1n) is 10.6. The van der Waals surface area contributed by atoms with E-state index in [9.17, 15) is 4.79 Å². The minimum Gasteiger partial charge on any atom is -0.497 e. The molecule has 33 heavy (non-hydrogen) atoms. The molecule has 0 unspecified atom stereocenters. The average Bonchev–Trinajstić information content (AvgIpc) is 3.29. The van der Waals surface area contributed by atoms with Gasteiger partial charge in [-0.15, -0.1) is 15.3 Å². The molecule has 2 aromatic heterocycles. The number of aromatic nitrogens is 4. The Hall–Kier alpha value is -4.14. The maximum Gasteiger partial charge on any atom is 0.258 e. The largest absolute Gasteiger partial charge is 0.497 e. The SMILES string of the molecule is CCc1ccc(OCC(=O)NCCOc2ccc3nnc(-c4ccc(OC)cc4)n3n2)cc1. The Morgan fingerprint density at radius 1 is 0.939 bits per heavy atom. The lowest BCUT2D eigenvalue weighted by Gasteiger charge is -2.09. The van der Waals surface area contributed by atoms with E-state index in [1.165, 1.54) is 5.56 Å². The summed E-state index contributed by atoms with van der Waals surface area (Å²) in [7, 11) is 1.62. The van der Waals surface area contributed by atoms with E-state index in [-0.39, 0.29) is 19.1 Å². The number of methoxy groups -OCH3 is 1. The molecule has 1 N–H and O–H groups in total. The van der Waals surface area contributed by atoms with Crippen molar-refractivity contribution in [2.24, 2.45) is 0 Å². The van der Waals surface area contributed by atoms with Crippen LogP contribution >= 0.6 is 0 Å². The molecule has 9 heteroatoms. The van der Waals surface area contributed by atoms with Gasteiger partial charge in [-0.25, -0.2) is 0 Å². The van der Waals surface area contributed by atoms with Crippen molar-refractivity contribution in [2.45, 2.75) is 13.3 Å². The van der Waals surface area contributed by atoms with Gasteiger partial charge in [0, 0.05) is 11.6 Å². The summed E-state index contributed by atoms with van der Waals surface area (Å²) in [6.45, 7) is 2.62. The van der Waals surface area contributed by atoms with Gasteiger partial charge in [-0.2, -0.15) is 4.52 Å². The highest BCUT2D eigenvalue weighted by atomic mass is 16.5. The second kappa shape index (κ2) is 10.4. The van der Waals surface area contributed by atoms with Crippen molar-refractivity contribution >= 4 is 11.6 Å². The molecule has 2 heterocycles. The van der Waals surface area contributed by atoms with E-state index in [4.69, 9.17) is 14.2 Å². The highest BCUT2D eigenvalue weighted by molar-refractivity contribution is 5.77. The van der Waals surface area contributed by atoms with Crippen LogP contribution in [0.3, 0.4) is 0 Å². The normalized spacial score (nSPS) is 10.7. The second-order valence-corrected chi connectivity index (χ2v) is 7.18. The zero-order valence-electron chi connectivity index (χ0n) is 18.5. The minimum absolute atomic E-state index is 0.0540. The molecule has 2 aromatic carbocycles. The maximum atomic E-state index is 12.0. The smallest absolute Gasteiger partial charge is 0.258 e. The molecule has 0 spiro atoms. The van der Waals surface area contributed by atoms with Crippen molar-refractivity contribution < 1.29 is 19.0 Å². The average molecular weight is 447 g/mol. The molecule has 0 saturated carbocycles. The Morgan fingerprint density at radius 2 is 1.70 bits per heavy atom. The first kappa shape index (κ1) is 22.1. The number of nitrogens with zero attached hydrogens (tertiary/aromatic N) is 4. The summed E-state index contributed by atoms with van der Waals surface area (Å²) in [4.78, 5) is 12.0. The number of carbonyl (C=O) groups excluding carboxylic acids is 1. The van der Waals surface area contributed by atoms with Crippen molar-refractivity contribution in [1.29, 1.82) is 0 Å². The van der Waals surface area contributed by atoms with Gasteiger partial charge in [0.05, 0.1) is 13.7 Å². The molecule has 0 radical (unpaired) electrons. The quantitative estimate of drug-likeness (QED) is 0.373. The number of amides is 1. The summed E-state index contributed by atoms with van der Waals surface area (Å²) in [5.74, 6) is 2.19. The Balaban J connectivity index is 1.27. The van der Waals surface area contributed by atoms with Gasteiger partial charge in [0.2, 0.25) is 5.88 Å². The molecule has 0 aliphatic heterocycles. The summed E-state index contributed by atoms with van der Waals surface area (Å²) in [5, 5.41) is 15.6. The first-order valence-corrected chi connectivity index (χ1v) is 10.6. The fourth-order valence-electron chi connectivity index (χ4n) is 3.14. The zero-order valence-corrected chi connectivity index (χ0v) is 18.5. The molecular weight excluding hydrogens is 422 g/mol. The summed E-state index contributed by atoms with van der Waals surface area (Å²) < 4.78 is 18.0. The van der Waals surface area contributed by atoms with Gasteiger partial charge in [0.25, 0.3) is 5.91 Å². The molecular formula is C24H25N5O4. The maximum absolute atomic E-state index is 12.0. The predicted octanol–water partition coefficient (Wildman–Crippen LogP) is 2.94. The third-order valence-electron chi connectivity index (χ3n) is 4.96. The van der Waals surface area contributed by atoms with Crippen molar-refractivity contribution in [2.75, 3.05) is 26.9 Å². The van der Waals surface area contributed by atoms with Crippen LogP contribution in [0.1, 0.15) is 12.5 Å². The lowest BCUT2D eigenvalue weighted by Crippen LogP contribution is -2.32. The standard InChI is InChI=1S/C24H25N5O4/c1-3-17-4-8-20(9-5-17)33-16-22(30)25-14-15-32-23-13-12-21-26-27-24(29(21)28-23)18-6-10-19(31-2)11-7-18/h4-13H,3,14-16H2,1-2H3,(H,25,30). The van der Waals surface area contributed by atoms with Crippen LogP contribution in [0.2, 0.25) is 0 Å². The van der Waals surface area contributed by atoms with Gasteiger partial charge < -0.3 is 19.5 Å². The summed E-state index contributed by atoms with van der Waals surface area (Å²) in [6.07, 6.45) is 0.961. The van der Waals surface area contributed by atoms with Crippen molar-refractivity contribution in [3.8, 4) is 28.8 Å². The lowest BCUT2D eigenvalue weighted by atomic mass is 10.2. The highest BCUT2D eigenvalue weighted by Gasteiger charge is 2.11. The van der Waals surface area contributed by atoms with Crippen molar-refractivity contribution in [1.82, 2.24) is 25.1 Å². The molecule has 0 atom stereocenters. The molecule has 9 nitrogen and oxygen atoms in total. The second-order valence-electron chi connectivity index (χ2n) is 7.18. The van der Waals surface area contributed by atoms with Gasteiger partial charge in [0.1, 0.15) is 18.1 Å². The van der Waals surface area contributed by atoms with Crippen LogP contribution in [0.15, 0.2) is 60.7 Å². The van der Waals surface area contributed by atoms with Crippen LogP contribution in [0, 0.1) is 0 Å². The molecule has 0 saturated heterocycles. The number of fused-ring (bicyclic) bond motifs is 1. The monoisotopic (exact) mass is 447 g/mol. The number of ether oxygens (including phenoxy) is 3. The topological polar surface area (TPSA) is 99.9 Å². The van der Waals surface area contributed by atoms with Gasteiger partial charge in [-0.05, 0) is 54.4 Å². The molecule has 0 fully saturated rings. The Kier molecular flexibility index (Phi) is 6.99. The number of hydrogen-bond donors (Lipinski definition) is 1. The molecule has 0 aliphatic carbocycles. The minimum atomic E-state index is -0.220. The molecule has 0 aliphatic rings.